The van der Waals surface area contributed by atoms with Gasteiger partial charge in [0.05, 0.1) is 12.0 Å². The van der Waals surface area contributed by atoms with Gasteiger partial charge < -0.3 is 10.2 Å². The summed E-state index contributed by atoms with van der Waals surface area (Å²) in [5, 5.41) is 2.93. The standard InChI is InChI=1S/C15H12F3N3O/c1-21-12-4-3-11(6-9(12)7-14(21)22)20-13-5-2-10(8-19-13)15(16,17)18/h2-6,8H,7H2,1H3,(H,19,20). The van der Waals surface area contributed by atoms with Crippen molar-refractivity contribution in [3.05, 3.63) is 47.7 Å². The molecule has 0 radical (unpaired) electrons. The highest BCUT2D eigenvalue weighted by atomic mass is 19.4. The highest BCUT2D eigenvalue weighted by Gasteiger charge is 2.30. The Morgan fingerprint density at radius 2 is 2.00 bits per heavy atom. The molecular formula is C15H12F3N3O. The number of hydrogen-bond acceptors (Lipinski definition) is 3. The molecule has 1 aliphatic rings. The van der Waals surface area contributed by atoms with Crippen molar-refractivity contribution in [3.63, 3.8) is 0 Å². The quantitative estimate of drug-likeness (QED) is 0.925. The summed E-state index contributed by atoms with van der Waals surface area (Å²) in [4.78, 5) is 17.0. The van der Waals surface area contributed by atoms with Crippen LogP contribution in [0.15, 0.2) is 36.5 Å². The molecule has 1 aromatic carbocycles. The van der Waals surface area contributed by atoms with Gasteiger partial charge in [-0.25, -0.2) is 4.98 Å². The second-order valence-electron chi connectivity index (χ2n) is 5.03. The number of hydrogen-bond donors (Lipinski definition) is 1. The topological polar surface area (TPSA) is 45.2 Å². The van der Waals surface area contributed by atoms with Crippen LogP contribution in [0.5, 0.6) is 0 Å². The molecule has 2 heterocycles. The minimum atomic E-state index is -4.40. The predicted molar refractivity (Wildman–Crippen MR) is 76.1 cm³/mol. The molecule has 1 aromatic heterocycles. The predicted octanol–water partition coefficient (Wildman–Crippen LogP) is 3.36. The number of amides is 1. The van der Waals surface area contributed by atoms with E-state index in [1.807, 2.05) is 0 Å². The van der Waals surface area contributed by atoms with Crippen LogP contribution in [0, 0.1) is 0 Å². The van der Waals surface area contributed by atoms with Crippen LogP contribution in [-0.2, 0) is 17.4 Å². The number of anilines is 3. The van der Waals surface area contributed by atoms with E-state index in [-0.39, 0.29) is 5.91 Å². The van der Waals surface area contributed by atoms with Crippen LogP contribution in [0.1, 0.15) is 11.1 Å². The Morgan fingerprint density at radius 3 is 2.64 bits per heavy atom. The third-order valence-corrected chi connectivity index (χ3v) is 3.52. The number of carbonyl (C=O) groups is 1. The van der Waals surface area contributed by atoms with Crippen molar-refractivity contribution >= 4 is 23.1 Å². The Kier molecular flexibility index (Phi) is 3.27. The molecule has 1 N–H and O–H groups in total. The number of fused-ring (bicyclic) bond motifs is 1. The first kappa shape index (κ1) is 14.4. The SMILES string of the molecule is CN1C(=O)Cc2cc(Nc3ccc(C(F)(F)F)cn3)ccc21. The molecule has 0 saturated heterocycles. The summed E-state index contributed by atoms with van der Waals surface area (Å²) >= 11 is 0. The van der Waals surface area contributed by atoms with Gasteiger partial charge in [0.1, 0.15) is 5.82 Å². The summed E-state index contributed by atoms with van der Waals surface area (Å²) in [6.07, 6.45) is -3.29. The number of alkyl halides is 3. The van der Waals surface area contributed by atoms with Crippen LogP contribution in [0.3, 0.4) is 0 Å². The summed E-state index contributed by atoms with van der Waals surface area (Å²) in [6.45, 7) is 0. The van der Waals surface area contributed by atoms with E-state index in [4.69, 9.17) is 0 Å². The summed E-state index contributed by atoms with van der Waals surface area (Å²) < 4.78 is 37.4. The number of benzene rings is 1. The van der Waals surface area contributed by atoms with Gasteiger partial charge in [0.15, 0.2) is 0 Å². The van der Waals surface area contributed by atoms with Gasteiger partial charge >= 0.3 is 6.18 Å². The molecule has 3 rings (SSSR count). The molecule has 0 atom stereocenters. The second-order valence-corrected chi connectivity index (χ2v) is 5.03. The normalized spacial score (nSPS) is 14.2. The van der Waals surface area contributed by atoms with Crippen molar-refractivity contribution in [3.8, 4) is 0 Å². The number of aromatic nitrogens is 1. The maximum absolute atomic E-state index is 12.5. The molecule has 0 spiro atoms. The van der Waals surface area contributed by atoms with Crippen LogP contribution in [-0.4, -0.2) is 17.9 Å². The van der Waals surface area contributed by atoms with Crippen molar-refractivity contribution in [2.45, 2.75) is 12.6 Å². The Labute approximate surface area is 124 Å². The summed E-state index contributed by atoms with van der Waals surface area (Å²) in [6, 6.07) is 7.60. The van der Waals surface area contributed by atoms with Crippen molar-refractivity contribution in [2.24, 2.45) is 0 Å². The molecule has 0 bridgehead atoms. The molecule has 7 heteroatoms. The molecule has 1 amide bonds. The lowest BCUT2D eigenvalue weighted by molar-refractivity contribution is -0.137. The first-order valence-electron chi connectivity index (χ1n) is 6.54. The van der Waals surface area contributed by atoms with E-state index < -0.39 is 11.7 Å². The van der Waals surface area contributed by atoms with Gasteiger partial charge in [-0.05, 0) is 35.9 Å². The number of nitrogens with one attached hydrogen (secondary N) is 1. The van der Waals surface area contributed by atoms with E-state index in [0.717, 1.165) is 23.5 Å². The molecule has 1 aliphatic heterocycles. The lowest BCUT2D eigenvalue weighted by Gasteiger charge is -2.12. The number of likely N-dealkylation sites (N-methyl/N-ethyl adjacent to an activating group) is 1. The lowest BCUT2D eigenvalue weighted by atomic mass is 10.1. The lowest BCUT2D eigenvalue weighted by Crippen LogP contribution is -2.20. The molecule has 0 saturated carbocycles. The third kappa shape index (κ3) is 2.61. The number of nitrogens with zero attached hydrogens (tertiary/aromatic N) is 2. The summed E-state index contributed by atoms with van der Waals surface area (Å²) in [5.41, 5.74) is 1.61. The number of pyridine rings is 1. The van der Waals surface area contributed by atoms with E-state index in [2.05, 4.69) is 10.3 Å². The van der Waals surface area contributed by atoms with Crippen LogP contribution >= 0.6 is 0 Å². The van der Waals surface area contributed by atoms with Gasteiger partial charge in [-0.3, -0.25) is 4.79 Å². The smallest absolute Gasteiger partial charge is 0.340 e. The Hall–Kier alpha value is -2.57. The monoisotopic (exact) mass is 307 g/mol. The van der Waals surface area contributed by atoms with Gasteiger partial charge in [-0.2, -0.15) is 13.2 Å². The second kappa shape index (κ2) is 5.01. The average Bonchev–Trinajstić information content (AvgIpc) is 2.73. The maximum atomic E-state index is 12.5. The molecule has 0 unspecified atom stereocenters. The van der Waals surface area contributed by atoms with Crippen molar-refractivity contribution in [1.82, 2.24) is 4.98 Å². The largest absolute Gasteiger partial charge is 0.417 e. The highest BCUT2D eigenvalue weighted by Crippen LogP contribution is 2.32. The molecule has 4 nitrogen and oxygen atoms in total. The van der Waals surface area contributed by atoms with Crippen LogP contribution in [0.25, 0.3) is 0 Å². The molecule has 2 aromatic rings. The Bertz CT molecular complexity index is 726. The van der Waals surface area contributed by atoms with E-state index >= 15 is 0 Å². The van der Waals surface area contributed by atoms with Crippen LogP contribution in [0.2, 0.25) is 0 Å². The minimum Gasteiger partial charge on any atom is -0.340 e. The van der Waals surface area contributed by atoms with E-state index in [1.54, 1.807) is 30.1 Å². The number of rotatable bonds is 2. The fourth-order valence-electron chi connectivity index (χ4n) is 2.33. The minimum absolute atomic E-state index is 0.0137. The van der Waals surface area contributed by atoms with Gasteiger partial charge in [-0.1, -0.05) is 0 Å². The van der Waals surface area contributed by atoms with Gasteiger partial charge in [0, 0.05) is 24.6 Å². The third-order valence-electron chi connectivity index (χ3n) is 3.52. The van der Waals surface area contributed by atoms with Gasteiger partial charge in [-0.15, -0.1) is 0 Å². The molecule has 22 heavy (non-hydrogen) atoms. The summed E-state index contributed by atoms with van der Waals surface area (Å²) in [5.74, 6) is 0.324. The average molecular weight is 307 g/mol. The Balaban J connectivity index is 1.80. The fourth-order valence-corrected chi connectivity index (χ4v) is 2.33. The molecular weight excluding hydrogens is 295 g/mol. The molecule has 114 valence electrons. The zero-order chi connectivity index (χ0) is 15.9. The zero-order valence-corrected chi connectivity index (χ0v) is 11.6. The fraction of sp³-hybridized carbons (Fsp3) is 0.200. The highest BCUT2D eigenvalue weighted by molar-refractivity contribution is 6.01. The number of carbonyl (C=O) groups excluding carboxylic acids is 1. The summed E-state index contributed by atoms with van der Waals surface area (Å²) in [7, 11) is 1.71. The van der Waals surface area contributed by atoms with Crippen molar-refractivity contribution in [2.75, 3.05) is 17.3 Å². The van der Waals surface area contributed by atoms with E-state index in [0.29, 0.717) is 17.9 Å². The first-order valence-corrected chi connectivity index (χ1v) is 6.54. The zero-order valence-electron chi connectivity index (χ0n) is 11.6. The molecule has 0 aliphatic carbocycles. The van der Waals surface area contributed by atoms with Gasteiger partial charge in [0.2, 0.25) is 5.91 Å². The number of halogens is 3. The van der Waals surface area contributed by atoms with Crippen molar-refractivity contribution in [1.29, 1.82) is 0 Å². The van der Waals surface area contributed by atoms with Crippen LogP contribution < -0.4 is 10.2 Å². The maximum Gasteiger partial charge on any atom is 0.417 e. The first-order chi connectivity index (χ1) is 10.3. The van der Waals surface area contributed by atoms with Gasteiger partial charge in [0.25, 0.3) is 0 Å². The van der Waals surface area contributed by atoms with E-state index in [1.165, 1.54) is 6.07 Å². The Morgan fingerprint density at radius 1 is 1.23 bits per heavy atom. The van der Waals surface area contributed by atoms with E-state index in [9.17, 15) is 18.0 Å². The van der Waals surface area contributed by atoms with Crippen LogP contribution in [0.4, 0.5) is 30.4 Å². The van der Waals surface area contributed by atoms with Crippen molar-refractivity contribution < 1.29 is 18.0 Å². The molecule has 0 fully saturated rings.